The molecule has 1 atom stereocenters. The summed E-state index contributed by atoms with van der Waals surface area (Å²) in [6.07, 6.45) is 10.4. The van der Waals surface area contributed by atoms with Crippen LogP contribution in [0.4, 0.5) is 0 Å². The van der Waals surface area contributed by atoms with Gasteiger partial charge in [-0.1, -0.05) is 19.3 Å². The highest BCUT2D eigenvalue weighted by Crippen LogP contribution is 2.20. The first-order chi connectivity index (χ1) is 9.24. The normalized spacial score (nSPS) is 18.2. The minimum atomic E-state index is -0.369. The van der Waals surface area contributed by atoms with Gasteiger partial charge in [-0.25, -0.2) is 0 Å². The molecule has 0 radical (unpaired) electrons. The molecule has 0 heterocycles. The van der Waals surface area contributed by atoms with Crippen LogP contribution in [-0.2, 0) is 9.53 Å². The van der Waals surface area contributed by atoms with Gasteiger partial charge in [-0.2, -0.15) is 11.8 Å². The van der Waals surface area contributed by atoms with Crippen molar-refractivity contribution in [2.45, 2.75) is 57.1 Å². The van der Waals surface area contributed by atoms with Gasteiger partial charge in [0.2, 0.25) is 5.91 Å². The maximum atomic E-state index is 11.6. The third-order valence-corrected chi connectivity index (χ3v) is 4.14. The lowest BCUT2D eigenvalue weighted by Crippen LogP contribution is -2.41. The van der Waals surface area contributed by atoms with Crippen LogP contribution in [0.5, 0.6) is 0 Å². The molecule has 0 aromatic carbocycles. The molecule has 1 amide bonds. The van der Waals surface area contributed by atoms with Crippen LogP contribution in [0.2, 0.25) is 0 Å². The second kappa shape index (κ2) is 10.5. The lowest BCUT2D eigenvalue weighted by molar-refractivity contribution is -0.122. The Morgan fingerprint density at radius 1 is 1.42 bits per heavy atom. The molecule has 1 aliphatic carbocycles. The molecule has 0 bridgehead atoms. The van der Waals surface area contributed by atoms with Crippen molar-refractivity contribution in [3.63, 3.8) is 0 Å². The van der Waals surface area contributed by atoms with Gasteiger partial charge in [0.15, 0.2) is 0 Å². The van der Waals surface area contributed by atoms with E-state index in [0.717, 1.165) is 25.2 Å². The number of hydrogen-bond acceptors (Lipinski definition) is 4. The van der Waals surface area contributed by atoms with Crippen molar-refractivity contribution in [2.24, 2.45) is 5.73 Å². The Morgan fingerprint density at radius 3 is 2.84 bits per heavy atom. The van der Waals surface area contributed by atoms with Crippen molar-refractivity contribution < 1.29 is 9.53 Å². The zero-order valence-electron chi connectivity index (χ0n) is 12.0. The lowest BCUT2D eigenvalue weighted by atomic mass is 9.98. The molecule has 1 aliphatic rings. The maximum Gasteiger partial charge on any atom is 0.236 e. The van der Waals surface area contributed by atoms with Crippen molar-refractivity contribution in [3.05, 3.63) is 0 Å². The molecule has 112 valence electrons. The van der Waals surface area contributed by atoms with Crippen molar-refractivity contribution >= 4 is 17.7 Å². The topological polar surface area (TPSA) is 64.4 Å². The molecule has 5 heteroatoms. The predicted octanol–water partition coefficient (Wildman–Crippen LogP) is 1.92. The number of thioether (sulfide) groups is 1. The molecule has 4 nitrogen and oxygen atoms in total. The summed E-state index contributed by atoms with van der Waals surface area (Å²) in [5, 5.41) is 2.88. The number of carbonyl (C=O) groups excluding carboxylic acids is 1. The fourth-order valence-corrected chi connectivity index (χ4v) is 2.76. The van der Waals surface area contributed by atoms with Gasteiger partial charge in [-0.15, -0.1) is 0 Å². The summed E-state index contributed by atoms with van der Waals surface area (Å²) in [6.45, 7) is 1.41. The molecule has 0 aromatic rings. The SMILES string of the molecule is CSCC[C@H](N)C(=O)NCCCOC1CCCCC1. The fraction of sp³-hybridized carbons (Fsp3) is 0.929. The first kappa shape index (κ1) is 16.8. The highest BCUT2D eigenvalue weighted by molar-refractivity contribution is 7.98. The van der Waals surface area contributed by atoms with Gasteiger partial charge in [0.1, 0.15) is 0 Å². The second-order valence-corrected chi connectivity index (χ2v) is 6.15. The first-order valence-electron chi connectivity index (χ1n) is 7.38. The molecule has 1 rings (SSSR count). The van der Waals surface area contributed by atoms with Gasteiger partial charge in [0.05, 0.1) is 12.1 Å². The molecule has 0 aromatic heterocycles. The highest BCUT2D eigenvalue weighted by Gasteiger charge is 2.14. The van der Waals surface area contributed by atoms with E-state index in [-0.39, 0.29) is 11.9 Å². The van der Waals surface area contributed by atoms with Crippen LogP contribution in [-0.4, -0.2) is 43.2 Å². The number of amides is 1. The van der Waals surface area contributed by atoms with Crippen LogP contribution in [0.15, 0.2) is 0 Å². The average Bonchev–Trinajstić information content (AvgIpc) is 2.45. The van der Waals surface area contributed by atoms with Crippen LogP contribution < -0.4 is 11.1 Å². The van der Waals surface area contributed by atoms with Crippen LogP contribution >= 0.6 is 11.8 Å². The number of carbonyl (C=O) groups is 1. The standard InChI is InChI=1S/C14H28N2O2S/c1-19-11-8-13(15)14(17)16-9-5-10-18-12-6-3-2-4-7-12/h12-13H,2-11,15H2,1H3,(H,16,17)/t13-/m0/s1. The summed E-state index contributed by atoms with van der Waals surface area (Å²) in [4.78, 5) is 11.6. The summed E-state index contributed by atoms with van der Waals surface area (Å²) in [7, 11) is 0. The van der Waals surface area contributed by atoms with E-state index < -0.39 is 0 Å². The zero-order valence-corrected chi connectivity index (χ0v) is 12.8. The Bertz CT molecular complexity index is 246. The monoisotopic (exact) mass is 288 g/mol. The molecular formula is C14H28N2O2S. The highest BCUT2D eigenvalue weighted by atomic mass is 32.2. The Labute approximate surface area is 121 Å². The quantitative estimate of drug-likeness (QED) is 0.636. The van der Waals surface area contributed by atoms with Crippen LogP contribution in [0.1, 0.15) is 44.9 Å². The lowest BCUT2D eigenvalue weighted by Gasteiger charge is -2.22. The van der Waals surface area contributed by atoms with Gasteiger partial charge >= 0.3 is 0 Å². The molecule has 0 unspecified atom stereocenters. The largest absolute Gasteiger partial charge is 0.378 e. The number of nitrogens with one attached hydrogen (secondary N) is 1. The van der Waals surface area contributed by atoms with Crippen molar-refractivity contribution in [1.82, 2.24) is 5.32 Å². The van der Waals surface area contributed by atoms with Crippen LogP contribution in [0.25, 0.3) is 0 Å². The van der Waals surface area contributed by atoms with E-state index in [0.29, 0.717) is 12.6 Å². The van der Waals surface area contributed by atoms with Gasteiger partial charge in [0, 0.05) is 13.2 Å². The summed E-state index contributed by atoms with van der Waals surface area (Å²) in [5.41, 5.74) is 5.78. The van der Waals surface area contributed by atoms with E-state index in [4.69, 9.17) is 10.5 Å². The first-order valence-corrected chi connectivity index (χ1v) is 8.77. The number of nitrogens with two attached hydrogens (primary N) is 1. The van der Waals surface area contributed by atoms with E-state index in [1.54, 1.807) is 11.8 Å². The average molecular weight is 288 g/mol. The Morgan fingerprint density at radius 2 is 2.16 bits per heavy atom. The van der Waals surface area contributed by atoms with E-state index in [1.165, 1.54) is 32.1 Å². The minimum absolute atomic E-state index is 0.0354. The molecule has 0 saturated heterocycles. The number of ether oxygens (including phenoxy) is 1. The smallest absolute Gasteiger partial charge is 0.236 e. The van der Waals surface area contributed by atoms with Gasteiger partial charge < -0.3 is 15.8 Å². The molecule has 3 N–H and O–H groups in total. The molecule has 0 spiro atoms. The van der Waals surface area contributed by atoms with E-state index in [2.05, 4.69) is 5.32 Å². The maximum absolute atomic E-state index is 11.6. The van der Waals surface area contributed by atoms with E-state index in [9.17, 15) is 4.79 Å². The van der Waals surface area contributed by atoms with Gasteiger partial charge in [-0.05, 0) is 37.7 Å². The van der Waals surface area contributed by atoms with Crippen LogP contribution in [0.3, 0.4) is 0 Å². The summed E-state index contributed by atoms with van der Waals surface area (Å²) < 4.78 is 5.80. The third kappa shape index (κ3) is 7.80. The Kier molecular flexibility index (Phi) is 9.30. The Balaban J connectivity index is 1.95. The molecule has 19 heavy (non-hydrogen) atoms. The number of hydrogen-bond donors (Lipinski definition) is 2. The molecule has 0 aliphatic heterocycles. The summed E-state index contributed by atoms with van der Waals surface area (Å²) >= 11 is 1.72. The Hall–Kier alpha value is -0.260. The predicted molar refractivity (Wildman–Crippen MR) is 81.4 cm³/mol. The summed E-state index contributed by atoms with van der Waals surface area (Å²) in [5.74, 6) is 0.894. The van der Waals surface area contributed by atoms with Gasteiger partial charge in [0.25, 0.3) is 0 Å². The van der Waals surface area contributed by atoms with Crippen molar-refractivity contribution in [2.75, 3.05) is 25.2 Å². The van der Waals surface area contributed by atoms with E-state index in [1.807, 2.05) is 6.26 Å². The van der Waals surface area contributed by atoms with Crippen molar-refractivity contribution in [3.8, 4) is 0 Å². The van der Waals surface area contributed by atoms with Crippen LogP contribution in [0, 0.1) is 0 Å². The zero-order chi connectivity index (χ0) is 13.9. The van der Waals surface area contributed by atoms with E-state index >= 15 is 0 Å². The fourth-order valence-electron chi connectivity index (χ4n) is 2.27. The number of rotatable bonds is 9. The summed E-state index contributed by atoms with van der Waals surface area (Å²) in [6, 6.07) is -0.369. The molecular weight excluding hydrogens is 260 g/mol. The molecule has 1 saturated carbocycles. The molecule has 1 fully saturated rings. The second-order valence-electron chi connectivity index (χ2n) is 5.16. The minimum Gasteiger partial charge on any atom is -0.378 e. The van der Waals surface area contributed by atoms with Gasteiger partial charge in [-0.3, -0.25) is 4.79 Å². The third-order valence-electron chi connectivity index (χ3n) is 3.50. The van der Waals surface area contributed by atoms with Crippen molar-refractivity contribution in [1.29, 1.82) is 0 Å².